The molecule has 3 atom stereocenters. The van der Waals surface area contributed by atoms with Gasteiger partial charge in [-0.2, -0.15) is 0 Å². The lowest BCUT2D eigenvalue weighted by Crippen LogP contribution is -2.61. The van der Waals surface area contributed by atoms with Crippen molar-refractivity contribution in [2.45, 2.75) is 17.8 Å². The smallest absolute Gasteiger partial charge is 0.244 e. The number of aromatic hydroxyl groups is 2. The monoisotopic (exact) mass is 472 g/mol. The van der Waals surface area contributed by atoms with Gasteiger partial charge in [-0.1, -0.05) is 30.4 Å². The summed E-state index contributed by atoms with van der Waals surface area (Å²) in [5, 5.41) is 58.9. The van der Waals surface area contributed by atoms with Crippen LogP contribution in [0.25, 0.3) is 12.2 Å². The number of aliphatic hydroxyl groups excluding tert-OH is 3. The molecule has 10 nitrogen and oxygen atoms in total. The highest BCUT2D eigenvalue weighted by atomic mass is 16.5. The zero-order chi connectivity index (χ0) is 25.5. The first-order chi connectivity index (χ1) is 16.0. The summed E-state index contributed by atoms with van der Waals surface area (Å²) in [4.78, 5) is 38.0. The average molecular weight is 472 g/mol. The number of phenols is 2. The number of allylic oxidation sites excluding steroid dienone is 1. The maximum atomic E-state index is 12.8. The van der Waals surface area contributed by atoms with Crippen molar-refractivity contribution in [2.24, 2.45) is 0 Å². The van der Waals surface area contributed by atoms with Gasteiger partial charge in [-0.25, -0.2) is 0 Å². The highest BCUT2D eigenvalue weighted by Crippen LogP contribution is 2.27. The van der Waals surface area contributed by atoms with Crippen molar-refractivity contribution < 1.29 is 49.8 Å². The number of ketones is 3. The van der Waals surface area contributed by atoms with E-state index in [1.165, 1.54) is 55.7 Å². The molecule has 0 bridgehead atoms. The van der Waals surface area contributed by atoms with Crippen molar-refractivity contribution in [3.63, 3.8) is 0 Å². The zero-order valence-electron chi connectivity index (χ0n) is 18.0. The number of rotatable bonds is 11. The number of ether oxygens (including phenoxy) is 1. The van der Waals surface area contributed by atoms with Crippen LogP contribution in [0.5, 0.6) is 17.2 Å². The van der Waals surface area contributed by atoms with Crippen molar-refractivity contribution in [2.75, 3.05) is 13.7 Å². The highest BCUT2D eigenvalue weighted by molar-refractivity contribution is 6.49. The van der Waals surface area contributed by atoms with Crippen LogP contribution in [0.1, 0.15) is 11.1 Å². The summed E-state index contributed by atoms with van der Waals surface area (Å²) in [7, 11) is 1.30. The van der Waals surface area contributed by atoms with E-state index in [-0.39, 0.29) is 17.2 Å². The van der Waals surface area contributed by atoms with Crippen molar-refractivity contribution >= 4 is 29.5 Å². The van der Waals surface area contributed by atoms with Gasteiger partial charge >= 0.3 is 0 Å². The minimum atomic E-state index is -3.41. The first-order valence-electron chi connectivity index (χ1n) is 9.89. The number of hydrogen-bond donors (Lipinski definition) is 6. The van der Waals surface area contributed by atoms with Crippen LogP contribution in [0.2, 0.25) is 0 Å². The molecule has 10 heteroatoms. The van der Waals surface area contributed by atoms with Crippen LogP contribution in [0.4, 0.5) is 0 Å². The molecule has 2 aromatic carbocycles. The average Bonchev–Trinajstić information content (AvgIpc) is 2.85. The van der Waals surface area contributed by atoms with Crippen LogP contribution in [0.15, 0.2) is 54.6 Å². The van der Waals surface area contributed by atoms with Gasteiger partial charge < -0.3 is 35.4 Å². The number of carbonyl (C=O) groups is 3. The van der Waals surface area contributed by atoms with E-state index < -0.39 is 41.8 Å². The summed E-state index contributed by atoms with van der Waals surface area (Å²) < 4.78 is 4.94. The molecule has 0 saturated carbocycles. The third kappa shape index (κ3) is 5.94. The lowest BCUT2D eigenvalue weighted by molar-refractivity contribution is -0.173. The van der Waals surface area contributed by atoms with E-state index >= 15 is 0 Å². The van der Waals surface area contributed by atoms with Gasteiger partial charge in [0.15, 0.2) is 17.3 Å². The maximum Gasteiger partial charge on any atom is 0.244 e. The van der Waals surface area contributed by atoms with Gasteiger partial charge in [0.2, 0.25) is 17.2 Å². The van der Waals surface area contributed by atoms with E-state index in [0.29, 0.717) is 17.2 Å². The molecule has 6 N–H and O–H groups in total. The molecule has 0 aliphatic heterocycles. The van der Waals surface area contributed by atoms with Gasteiger partial charge in [0, 0.05) is 0 Å². The Labute approximate surface area is 194 Å². The summed E-state index contributed by atoms with van der Waals surface area (Å²) in [6.07, 6.45) is -0.889. The number of aliphatic hydroxyl groups is 4. The molecule has 2 aromatic rings. The van der Waals surface area contributed by atoms with Gasteiger partial charge in [0.05, 0.1) is 13.7 Å². The molecule has 34 heavy (non-hydrogen) atoms. The number of Topliss-reactive ketones (excluding diaryl/α,β-unsaturated/α-hetero) is 1. The Morgan fingerprint density at radius 3 is 2.15 bits per heavy atom. The fraction of sp³-hybridized carbons (Fsp3) is 0.208. The Balaban J connectivity index is 2.37. The number of phenolic OH excluding ortho intramolecular Hbond substituents is 2. The SMILES string of the molecule is COc1cc(/C=C/C(=O)[C@@](O)(C(=O)C(=O)/C=C/c2ccc(O)cc2)[C@H](O)[C@H](O)CO)ccc1O. The number of methoxy groups -OCH3 is 1. The summed E-state index contributed by atoms with van der Waals surface area (Å²) >= 11 is 0. The van der Waals surface area contributed by atoms with Gasteiger partial charge in [-0.15, -0.1) is 0 Å². The Morgan fingerprint density at radius 1 is 0.971 bits per heavy atom. The molecule has 0 radical (unpaired) electrons. The minimum Gasteiger partial charge on any atom is -0.508 e. The summed E-state index contributed by atoms with van der Waals surface area (Å²) in [6.45, 7) is -1.11. The molecule has 0 heterocycles. The second kappa shape index (κ2) is 11.3. The Bertz CT molecular complexity index is 1100. The molecule has 0 amide bonds. The molecule has 180 valence electrons. The number of carbonyl (C=O) groups excluding carboxylic acids is 3. The second-order valence-electron chi connectivity index (χ2n) is 7.21. The third-order valence-electron chi connectivity index (χ3n) is 4.88. The number of benzene rings is 2. The molecular formula is C24H24O10. The first-order valence-corrected chi connectivity index (χ1v) is 9.89. The van der Waals surface area contributed by atoms with Crippen LogP contribution in [0, 0.1) is 0 Å². The second-order valence-corrected chi connectivity index (χ2v) is 7.21. The summed E-state index contributed by atoms with van der Waals surface area (Å²) in [6, 6.07) is 9.51. The predicted molar refractivity (Wildman–Crippen MR) is 120 cm³/mol. The highest BCUT2D eigenvalue weighted by Gasteiger charge is 2.53. The van der Waals surface area contributed by atoms with Crippen molar-refractivity contribution in [1.29, 1.82) is 0 Å². The third-order valence-corrected chi connectivity index (χ3v) is 4.88. The molecular weight excluding hydrogens is 448 g/mol. The van der Waals surface area contributed by atoms with Gasteiger partial charge in [0.1, 0.15) is 18.0 Å². The van der Waals surface area contributed by atoms with E-state index in [4.69, 9.17) is 9.84 Å². The zero-order valence-corrected chi connectivity index (χ0v) is 18.0. The van der Waals surface area contributed by atoms with Crippen LogP contribution in [0.3, 0.4) is 0 Å². The lowest BCUT2D eigenvalue weighted by Gasteiger charge is -2.30. The van der Waals surface area contributed by atoms with Gasteiger partial charge in [-0.05, 0) is 47.5 Å². The standard InChI is InChI=1S/C24H24O10/c1-34-20-12-15(5-9-17(20)27)6-11-21(30)24(33,23(32)19(29)13-25)22(31)18(28)10-4-14-2-7-16(26)8-3-14/h2-12,19,23,25-27,29,32-33H,13H2,1H3/b10-4+,11-6+/t19-,23-,24-/m1/s1. The molecule has 0 saturated heterocycles. The molecule has 0 unspecified atom stereocenters. The summed E-state index contributed by atoms with van der Waals surface area (Å²) in [5.74, 6) is -4.67. The molecule has 0 aliphatic carbocycles. The Hall–Kier alpha value is -3.83. The largest absolute Gasteiger partial charge is 0.508 e. The van der Waals surface area contributed by atoms with E-state index in [0.717, 1.165) is 12.2 Å². The fourth-order valence-electron chi connectivity index (χ4n) is 2.89. The number of hydrogen-bond acceptors (Lipinski definition) is 10. The molecule has 2 rings (SSSR count). The minimum absolute atomic E-state index is 0.0290. The Kier molecular flexibility index (Phi) is 8.82. The van der Waals surface area contributed by atoms with Crippen molar-refractivity contribution in [1.82, 2.24) is 0 Å². The van der Waals surface area contributed by atoms with Gasteiger partial charge in [0.25, 0.3) is 0 Å². The molecule has 0 spiro atoms. The van der Waals surface area contributed by atoms with Crippen molar-refractivity contribution in [3.8, 4) is 17.2 Å². The predicted octanol–water partition coefficient (Wildman–Crippen LogP) is -0.0145. The summed E-state index contributed by atoms with van der Waals surface area (Å²) in [5.41, 5.74) is -2.70. The van der Waals surface area contributed by atoms with Crippen LogP contribution >= 0.6 is 0 Å². The topological polar surface area (TPSA) is 182 Å². The van der Waals surface area contributed by atoms with E-state index in [1.54, 1.807) is 0 Å². The first kappa shape index (κ1) is 26.4. The molecule has 0 aromatic heterocycles. The van der Waals surface area contributed by atoms with Crippen LogP contribution in [-0.2, 0) is 14.4 Å². The van der Waals surface area contributed by atoms with Crippen LogP contribution in [-0.4, -0.2) is 79.5 Å². The Morgan fingerprint density at radius 2 is 1.56 bits per heavy atom. The van der Waals surface area contributed by atoms with Gasteiger partial charge in [-0.3, -0.25) is 14.4 Å². The maximum absolute atomic E-state index is 12.8. The fourth-order valence-corrected chi connectivity index (χ4v) is 2.89. The van der Waals surface area contributed by atoms with E-state index in [1.807, 2.05) is 0 Å². The molecule has 0 fully saturated rings. The normalized spacial score (nSPS) is 15.1. The molecule has 0 aliphatic rings. The van der Waals surface area contributed by atoms with Crippen molar-refractivity contribution in [3.05, 3.63) is 65.7 Å². The van der Waals surface area contributed by atoms with Crippen LogP contribution < -0.4 is 4.74 Å². The quantitative estimate of drug-likeness (QED) is 0.148. The lowest BCUT2D eigenvalue weighted by atomic mass is 9.82. The van der Waals surface area contributed by atoms with E-state index in [2.05, 4.69) is 0 Å². The van der Waals surface area contributed by atoms with E-state index in [9.17, 15) is 39.9 Å².